The smallest absolute Gasteiger partial charge is 0.237 e. The first-order chi connectivity index (χ1) is 17.2. The van der Waals surface area contributed by atoms with Crippen LogP contribution in [0.5, 0.6) is 0 Å². The van der Waals surface area contributed by atoms with Crippen LogP contribution in [0.25, 0.3) is 11.3 Å². The van der Waals surface area contributed by atoms with Gasteiger partial charge in [0.2, 0.25) is 17.7 Å². The maximum absolute atomic E-state index is 12.7. The van der Waals surface area contributed by atoms with Crippen molar-refractivity contribution in [2.75, 3.05) is 42.3 Å². The molecule has 0 bridgehead atoms. The van der Waals surface area contributed by atoms with Gasteiger partial charge in [-0.2, -0.15) is 0 Å². The maximum atomic E-state index is 12.7. The number of carbonyl (C=O) groups excluding carboxylic acids is 1. The second kappa shape index (κ2) is 10.7. The largest absolute Gasteiger partial charge is 0.378 e. The number of hydrogen-bond donors (Lipinski definition) is 1. The predicted molar refractivity (Wildman–Crippen MR) is 135 cm³/mol. The minimum absolute atomic E-state index is 0.163. The molecule has 0 unspecified atom stereocenters. The number of nitrogens with zero attached hydrogens (tertiary/aromatic N) is 5. The van der Waals surface area contributed by atoms with Gasteiger partial charge in [-0.25, -0.2) is 0 Å². The standard InChI is InChI=1S/C25H26N6O3S/c1-18-7-9-20(10-8-18)21-15-23(34-29-21)26-22(32)17-35-25-28-27-24(30-11-13-33-14-12-30)31(25)16-19-5-3-2-4-6-19/h2-10,15H,11-14,16-17H2,1H3,(H,26,32). The molecule has 10 heteroatoms. The van der Waals surface area contributed by atoms with Crippen LogP contribution in [0.15, 0.2) is 70.3 Å². The lowest BCUT2D eigenvalue weighted by atomic mass is 10.1. The molecule has 1 amide bonds. The number of benzene rings is 2. The Morgan fingerprint density at radius 2 is 1.83 bits per heavy atom. The van der Waals surface area contributed by atoms with Crippen LogP contribution in [-0.4, -0.2) is 57.9 Å². The van der Waals surface area contributed by atoms with E-state index in [4.69, 9.17) is 9.26 Å². The van der Waals surface area contributed by atoms with Crippen molar-refractivity contribution in [3.05, 3.63) is 71.8 Å². The molecule has 1 aliphatic heterocycles. The third kappa shape index (κ3) is 5.72. The highest BCUT2D eigenvalue weighted by atomic mass is 32.2. The number of aromatic nitrogens is 4. The van der Waals surface area contributed by atoms with Crippen LogP contribution in [0.1, 0.15) is 11.1 Å². The summed E-state index contributed by atoms with van der Waals surface area (Å²) in [6.07, 6.45) is 0. The molecule has 0 saturated carbocycles. The number of anilines is 2. The van der Waals surface area contributed by atoms with E-state index in [0.29, 0.717) is 36.5 Å². The number of ether oxygens (including phenoxy) is 1. The van der Waals surface area contributed by atoms with Gasteiger partial charge in [0.25, 0.3) is 0 Å². The summed E-state index contributed by atoms with van der Waals surface area (Å²) in [6, 6.07) is 19.8. The zero-order valence-electron chi connectivity index (χ0n) is 19.4. The molecule has 2 aromatic carbocycles. The summed E-state index contributed by atoms with van der Waals surface area (Å²) in [7, 11) is 0. The van der Waals surface area contributed by atoms with Crippen LogP contribution < -0.4 is 10.2 Å². The van der Waals surface area contributed by atoms with Gasteiger partial charge in [0, 0.05) is 24.7 Å². The molecule has 5 rings (SSSR count). The molecule has 1 N–H and O–H groups in total. The number of morpholine rings is 1. The number of thioether (sulfide) groups is 1. The van der Waals surface area contributed by atoms with Crippen molar-refractivity contribution in [1.82, 2.24) is 19.9 Å². The number of hydrogen-bond acceptors (Lipinski definition) is 8. The van der Waals surface area contributed by atoms with E-state index >= 15 is 0 Å². The Labute approximate surface area is 207 Å². The first kappa shape index (κ1) is 23.1. The minimum atomic E-state index is -0.205. The number of nitrogens with one attached hydrogen (secondary N) is 1. The lowest BCUT2D eigenvalue weighted by molar-refractivity contribution is -0.113. The van der Waals surface area contributed by atoms with Crippen molar-refractivity contribution >= 4 is 29.5 Å². The van der Waals surface area contributed by atoms with Gasteiger partial charge in [-0.05, 0) is 12.5 Å². The van der Waals surface area contributed by atoms with E-state index in [1.807, 2.05) is 49.4 Å². The Balaban J connectivity index is 1.26. The topological polar surface area (TPSA) is 98.3 Å². The SMILES string of the molecule is Cc1ccc(-c2cc(NC(=O)CSc3nnc(N4CCOCC4)n3Cc3ccccc3)on2)cc1. The molecule has 2 aromatic heterocycles. The van der Waals surface area contributed by atoms with Gasteiger partial charge in [-0.3, -0.25) is 14.7 Å². The Morgan fingerprint density at radius 1 is 1.06 bits per heavy atom. The molecular formula is C25H26N6O3S. The van der Waals surface area contributed by atoms with Crippen molar-refractivity contribution in [3.63, 3.8) is 0 Å². The average molecular weight is 491 g/mol. The summed E-state index contributed by atoms with van der Waals surface area (Å²) < 4.78 is 12.9. The maximum Gasteiger partial charge on any atom is 0.237 e. The molecule has 9 nitrogen and oxygen atoms in total. The van der Waals surface area contributed by atoms with Crippen LogP contribution >= 0.6 is 11.8 Å². The molecule has 0 atom stereocenters. The third-order valence-corrected chi connectivity index (χ3v) is 6.59. The van der Waals surface area contributed by atoms with Gasteiger partial charge in [-0.15, -0.1) is 10.2 Å². The van der Waals surface area contributed by atoms with Crippen molar-refractivity contribution in [2.45, 2.75) is 18.6 Å². The normalized spacial score (nSPS) is 13.7. The van der Waals surface area contributed by atoms with Crippen molar-refractivity contribution in [3.8, 4) is 11.3 Å². The van der Waals surface area contributed by atoms with E-state index in [9.17, 15) is 4.79 Å². The second-order valence-corrected chi connectivity index (χ2v) is 9.18. The molecule has 0 spiro atoms. The molecule has 3 heterocycles. The highest BCUT2D eigenvalue weighted by Gasteiger charge is 2.21. The minimum Gasteiger partial charge on any atom is -0.378 e. The quantitative estimate of drug-likeness (QED) is 0.372. The zero-order chi connectivity index (χ0) is 24.0. The predicted octanol–water partition coefficient (Wildman–Crippen LogP) is 3.86. The van der Waals surface area contributed by atoms with Gasteiger partial charge in [0.1, 0.15) is 5.69 Å². The van der Waals surface area contributed by atoms with E-state index in [1.165, 1.54) is 17.3 Å². The van der Waals surface area contributed by atoms with Gasteiger partial charge in [-0.1, -0.05) is 77.1 Å². The van der Waals surface area contributed by atoms with Crippen molar-refractivity contribution < 1.29 is 14.1 Å². The van der Waals surface area contributed by atoms with Gasteiger partial charge >= 0.3 is 0 Å². The summed E-state index contributed by atoms with van der Waals surface area (Å²) in [4.78, 5) is 14.8. The Bertz CT molecular complexity index is 1270. The van der Waals surface area contributed by atoms with Crippen molar-refractivity contribution in [2.24, 2.45) is 0 Å². The van der Waals surface area contributed by atoms with Crippen LogP contribution in [0, 0.1) is 6.92 Å². The second-order valence-electron chi connectivity index (χ2n) is 8.23. The number of amides is 1. The molecule has 1 aliphatic rings. The summed E-state index contributed by atoms with van der Waals surface area (Å²) in [5.74, 6) is 1.06. The monoisotopic (exact) mass is 490 g/mol. The summed E-state index contributed by atoms with van der Waals surface area (Å²) in [5, 5.41) is 16.4. The van der Waals surface area contributed by atoms with E-state index in [-0.39, 0.29) is 11.7 Å². The Morgan fingerprint density at radius 3 is 2.60 bits per heavy atom. The average Bonchev–Trinajstić information content (AvgIpc) is 3.51. The summed E-state index contributed by atoms with van der Waals surface area (Å²) >= 11 is 1.34. The fourth-order valence-corrected chi connectivity index (χ4v) is 4.52. The molecule has 0 radical (unpaired) electrons. The number of carbonyl (C=O) groups is 1. The third-order valence-electron chi connectivity index (χ3n) is 5.63. The number of rotatable bonds is 8. The molecule has 4 aromatic rings. The lowest BCUT2D eigenvalue weighted by Crippen LogP contribution is -2.38. The Hall–Kier alpha value is -3.63. The van der Waals surface area contributed by atoms with Gasteiger partial charge in [0.05, 0.1) is 25.5 Å². The van der Waals surface area contributed by atoms with E-state index in [2.05, 4.69) is 42.3 Å². The summed E-state index contributed by atoms with van der Waals surface area (Å²) in [6.45, 7) is 5.47. The van der Waals surface area contributed by atoms with Gasteiger partial charge < -0.3 is 14.2 Å². The van der Waals surface area contributed by atoms with Crippen LogP contribution in [0.4, 0.5) is 11.8 Å². The lowest BCUT2D eigenvalue weighted by Gasteiger charge is -2.28. The zero-order valence-corrected chi connectivity index (χ0v) is 20.2. The molecular weight excluding hydrogens is 464 g/mol. The van der Waals surface area contributed by atoms with Gasteiger partial charge in [0.15, 0.2) is 5.16 Å². The van der Waals surface area contributed by atoms with Crippen LogP contribution in [0.3, 0.4) is 0 Å². The summed E-state index contributed by atoms with van der Waals surface area (Å²) in [5.41, 5.74) is 3.91. The molecule has 1 saturated heterocycles. The Kier molecular flexibility index (Phi) is 7.10. The first-order valence-corrected chi connectivity index (χ1v) is 12.4. The van der Waals surface area contributed by atoms with Crippen LogP contribution in [0.2, 0.25) is 0 Å². The molecule has 0 aliphatic carbocycles. The number of aryl methyl sites for hydroxylation is 1. The van der Waals surface area contributed by atoms with E-state index in [1.54, 1.807) is 6.07 Å². The van der Waals surface area contributed by atoms with Crippen LogP contribution in [-0.2, 0) is 16.1 Å². The fraction of sp³-hybridized carbons (Fsp3) is 0.280. The highest BCUT2D eigenvalue weighted by Crippen LogP contribution is 2.25. The van der Waals surface area contributed by atoms with E-state index < -0.39 is 0 Å². The fourth-order valence-electron chi connectivity index (χ4n) is 3.79. The van der Waals surface area contributed by atoms with E-state index in [0.717, 1.165) is 30.2 Å². The first-order valence-electron chi connectivity index (χ1n) is 11.4. The molecule has 35 heavy (non-hydrogen) atoms. The van der Waals surface area contributed by atoms with Crippen molar-refractivity contribution in [1.29, 1.82) is 0 Å². The highest BCUT2D eigenvalue weighted by molar-refractivity contribution is 7.99. The molecule has 1 fully saturated rings. The molecule has 180 valence electrons.